The van der Waals surface area contributed by atoms with E-state index >= 15 is 0 Å². The van der Waals surface area contributed by atoms with Gasteiger partial charge in [-0.25, -0.2) is 9.78 Å². The molecule has 2 heterocycles. The molecule has 0 bridgehead atoms. The van der Waals surface area contributed by atoms with Gasteiger partial charge in [-0.3, -0.25) is 0 Å². The molecule has 1 fully saturated rings. The SMILES string of the molecule is CC(O)(CNC(=O)NCCc1cn2ccccc2n1)C1CCCCC1. The van der Waals surface area contributed by atoms with Crippen LogP contribution in [0.4, 0.5) is 4.79 Å². The molecule has 0 aliphatic heterocycles. The van der Waals surface area contributed by atoms with Crippen molar-refractivity contribution in [3.8, 4) is 0 Å². The molecule has 3 N–H and O–H groups in total. The number of rotatable bonds is 6. The summed E-state index contributed by atoms with van der Waals surface area (Å²) in [6.07, 6.45) is 10.3. The number of carbonyl (C=O) groups is 1. The molecule has 25 heavy (non-hydrogen) atoms. The first-order valence-corrected chi connectivity index (χ1v) is 9.21. The van der Waals surface area contributed by atoms with E-state index in [4.69, 9.17) is 0 Å². The lowest BCUT2D eigenvalue weighted by Gasteiger charge is -2.35. The minimum atomic E-state index is -0.834. The number of nitrogens with zero attached hydrogens (tertiary/aromatic N) is 2. The number of amides is 2. The fourth-order valence-corrected chi connectivity index (χ4v) is 3.60. The lowest BCUT2D eigenvalue weighted by Crippen LogP contribution is -2.49. The van der Waals surface area contributed by atoms with Crippen molar-refractivity contribution in [3.05, 3.63) is 36.3 Å². The van der Waals surface area contributed by atoms with Crippen molar-refractivity contribution in [3.63, 3.8) is 0 Å². The first kappa shape index (κ1) is 17.7. The molecule has 1 atom stereocenters. The van der Waals surface area contributed by atoms with Crippen molar-refractivity contribution < 1.29 is 9.90 Å². The Morgan fingerprint density at radius 2 is 2.12 bits per heavy atom. The lowest BCUT2D eigenvalue weighted by molar-refractivity contribution is -0.0130. The maximum Gasteiger partial charge on any atom is 0.314 e. The van der Waals surface area contributed by atoms with Gasteiger partial charge in [0.2, 0.25) is 0 Å². The van der Waals surface area contributed by atoms with E-state index in [1.54, 1.807) is 0 Å². The molecular formula is C19H28N4O2. The number of fused-ring (bicyclic) bond motifs is 1. The van der Waals surface area contributed by atoms with Crippen molar-refractivity contribution in [1.82, 2.24) is 20.0 Å². The number of urea groups is 1. The molecule has 2 aromatic heterocycles. The van der Waals surface area contributed by atoms with Crippen LogP contribution >= 0.6 is 0 Å². The van der Waals surface area contributed by atoms with Gasteiger partial charge in [-0.15, -0.1) is 0 Å². The minimum absolute atomic E-state index is 0.236. The van der Waals surface area contributed by atoms with Gasteiger partial charge in [-0.1, -0.05) is 25.3 Å². The zero-order valence-electron chi connectivity index (χ0n) is 14.9. The highest BCUT2D eigenvalue weighted by Gasteiger charge is 2.32. The third kappa shape index (κ3) is 4.72. The third-order valence-electron chi connectivity index (χ3n) is 5.17. The van der Waals surface area contributed by atoms with Gasteiger partial charge in [0.25, 0.3) is 0 Å². The standard InChI is InChI=1S/C19H28N4O2/c1-19(25,15-7-3-2-4-8-15)14-21-18(24)20-11-10-16-13-23-12-6-5-9-17(23)22-16/h5-6,9,12-13,15,25H,2-4,7-8,10-11,14H2,1H3,(H2,20,21,24). The van der Waals surface area contributed by atoms with E-state index in [0.29, 0.717) is 13.0 Å². The predicted octanol–water partition coefficient (Wildman–Crippen LogP) is 2.51. The van der Waals surface area contributed by atoms with E-state index in [0.717, 1.165) is 24.2 Å². The zero-order chi connectivity index (χ0) is 17.7. The monoisotopic (exact) mass is 344 g/mol. The van der Waals surface area contributed by atoms with Crippen molar-refractivity contribution in [1.29, 1.82) is 0 Å². The van der Waals surface area contributed by atoms with Gasteiger partial charge in [-0.2, -0.15) is 0 Å². The summed E-state index contributed by atoms with van der Waals surface area (Å²) in [5.41, 5.74) is 1.02. The van der Waals surface area contributed by atoms with Gasteiger partial charge in [0, 0.05) is 31.9 Å². The van der Waals surface area contributed by atoms with Crippen LogP contribution in [0.2, 0.25) is 0 Å². The number of aromatic nitrogens is 2. The van der Waals surface area contributed by atoms with Gasteiger partial charge >= 0.3 is 6.03 Å². The maximum absolute atomic E-state index is 12.0. The summed E-state index contributed by atoms with van der Waals surface area (Å²) < 4.78 is 1.97. The van der Waals surface area contributed by atoms with Gasteiger partial charge in [-0.05, 0) is 37.8 Å². The Morgan fingerprint density at radius 1 is 1.32 bits per heavy atom. The Kier molecular flexibility index (Phi) is 5.58. The molecule has 1 saturated carbocycles. The molecule has 6 nitrogen and oxygen atoms in total. The summed E-state index contributed by atoms with van der Waals surface area (Å²) in [7, 11) is 0. The average Bonchev–Trinajstić information content (AvgIpc) is 3.03. The maximum atomic E-state index is 12.0. The Labute approximate surface area is 148 Å². The summed E-state index contributed by atoms with van der Waals surface area (Å²) in [6, 6.07) is 5.63. The Hall–Kier alpha value is -2.08. The van der Waals surface area contributed by atoms with Gasteiger partial charge in [0.1, 0.15) is 5.65 Å². The molecule has 2 amide bonds. The Bertz CT molecular complexity index is 671. The van der Waals surface area contributed by atoms with Crippen LogP contribution in [0, 0.1) is 5.92 Å². The molecule has 0 spiro atoms. The van der Waals surface area contributed by atoms with E-state index < -0.39 is 5.60 Å². The van der Waals surface area contributed by atoms with Crippen LogP contribution in [0.25, 0.3) is 5.65 Å². The molecular weight excluding hydrogens is 316 g/mol. The molecule has 2 aromatic rings. The van der Waals surface area contributed by atoms with Crippen LogP contribution in [0.15, 0.2) is 30.6 Å². The second-order valence-electron chi connectivity index (χ2n) is 7.25. The molecule has 3 rings (SSSR count). The zero-order valence-corrected chi connectivity index (χ0v) is 14.9. The normalized spacial score (nSPS) is 18.0. The summed E-state index contributed by atoms with van der Waals surface area (Å²) in [5.74, 6) is 0.277. The number of hydrogen-bond acceptors (Lipinski definition) is 3. The van der Waals surface area contributed by atoms with Crippen LogP contribution in [-0.4, -0.2) is 39.2 Å². The molecule has 1 unspecified atom stereocenters. The summed E-state index contributed by atoms with van der Waals surface area (Å²) in [6.45, 7) is 2.64. The van der Waals surface area contributed by atoms with Crippen molar-refractivity contribution >= 4 is 11.7 Å². The minimum Gasteiger partial charge on any atom is -0.388 e. The number of hydrogen-bond donors (Lipinski definition) is 3. The van der Waals surface area contributed by atoms with Crippen molar-refractivity contribution in [2.45, 2.75) is 51.0 Å². The highest BCUT2D eigenvalue weighted by atomic mass is 16.3. The highest BCUT2D eigenvalue weighted by Crippen LogP contribution is 2.32. The van der Waals surface area contributed by atoms with E-state index in [-0.39, 0.29) is 18.5 Å². The molecule has 6 heteroatoms. The van der Waals surface area contributed by atoms with Gasteiger partial charge < -0.3 is 20.1 Å². The Balaban J connectivity index is 1.40. The lowest BCUT2D eigenvalue weighted by atomic mass is 9.78. The molecule has 0 radical (unpaired) electrons. The van der Waals surface area contributed by atoms with E-state index in [1.165, 1.54) is 19.3 Å². The van der Waals surface area contributed by atoms with Crippen molar-refractivity contribution in [2.24, 2.45) is 5.92 Å². The first-order valence-electron chi connectivity index (χ1n) is 9.21. The quantitative estimate of drug-likeness (QED) is 0.753. The smallest absolute Gasteiger partial charge is 0.314 e. The van der Waals surface area contributed by atoms with Crippen LogP contribution in [0.5, 0.6) is 0 Å². The number of carbonyl (C=O) groups excluding carboxylic acids is 1. The summed E-state index contributed by atoms with van der Waals surface area (Å²) in [4.78, 5) is 16.5. The van der Waals surface area contributed by atoms with Gasteiger partial charge in [0.15, 0.2) is 0 Å². The number of aliphatic hydroxyl groups is 1. The van der Waals surface area contributed by atoms with E-state index in [2.05, 4.69) is 15.6 Å². The van der Waals surface area contributed by atoms with E-state index in [9.17, 15) is 9.90 Å². The van der Waals surface area contributed by atoms with Crippen LogP contribution in [-0.2, 0) is 6.42 Å². The molecule has 1 aliphatic carbocycles. The summed E-state index contributed by atoms with van der Waals surface area (Å²) >= 11 is 0. The van der Waals surface area contributed by atoms with Crippen molar-refractivity contribution in [2.75, 3.05) is 13.1 Å². The number of pyridine rings is 1. The largest absolute Gasteiger partial charge is 0.388 e. The van der Waals surface area contributed by atoms with E-state index in [1.807, 2.05) is 41.9 Å². The third-order valence-corrected chi connectivity index (χ3v) is 5.17. The highest BCUT2D eigenvalue weighted by molar-refractivity contribution is 5.73. The topological polar surface area (TPSA) is 78.7 Å². The van der Waals surface area contributed by atoms with Crippen LogP contribution < -0.4 is 10.6 Å². The fraction of sp³-hybridized carbons (Fsp3) is 0.579. The molecule has 0 saturated heterocycles. The van der Waals surface area contributed by atoms with Crippen LogP contribution in [0.3, 0.4) is 0 Å². The fourth-order valence-electron chi connectivity index (χ4n) is 3.60. The number of nitrogens with one attached hydrogen (secondary N) is 2. The first-order chi connectivity index (χ1) is 12.0. The average molecular weight is 344 g/mol. The Morgan fingerprint density at radius 3 is 2.88 bits per heavy atom. The number of imidazole rings is 1. The second-order valence-corrected chi connectivity index (χ2v) is 7.25. The molecule has 136 valence electrons. The molecule has 1 aliphatic rings. The summed E-state index contributed by atoms with van der Waals surface area (Å²) in [5, 5.41) is 16.3. The van der Waals surface area contributed by atoms with Gasteiger partial charge in [0.05, 0.1) is 11.3 Å². The predicted molar refractivity (Wildman–Crippen MR) is 97.5 cm³/mol. The molecule has 0 aromatic carbocycles. The second kappa shape index (κ2) is 7.87. The van der Waals surface area contributed by atoms with Crippen LogP contribution in [0.1, 0.15) is 44.7 Å².